The molecule has 28 heavy (non-hydrogen) atoms. The van der Waals surface area contributed by atoms with Crippen LogP contribution in [0.5, 0.6) is 0 Å². The van der Waals surface area contributed by atoms with Crippen LogP contribution in [0.15, 0.2) is 18.2 Å². The lowest BCUT2D eigenvalue weighted by Gasteiger charge is -2.41. The Morgan fingerprint density at radius 3 is 2.71 bits per heavy atom. The molecule has 0 saturated carbocycles. The summed E-state index contributed by atoms with van der Waals surface area (Å²) in [6.07, 6.45) is 1.88. The molecule has 0 bridgehead atoms. The first-order chi connectivity index (χ1) is 13.4. The lowest BCUT2D eigenvalue weighted by Crippen LogP contribution is -2.52. The van der Waals surface area contributed by atoms with Gasteiger partial charge >= 0.3 is 0 Å². The van der Waals surface area contributed by atoms with E-state index in [4.69, 9.17) is 4.74 Å². The van der Waals surface area contributed by atoms with Crippen molar-refractivity contribution in [3.8, 4) is 0 Å². The van der Waals surface area contributed by atoms with Gasteiger partial charge in [0, 0.05) is 37.1 Å². The number of amides is 2. The maximum absolute atomic E-state index is 13.5. The molecule has 0 atom stereocenters. The largest absolute Gasteiger partial charge is 0.372 e. The molecule has 2 aromatic rings. The zero-order chi connectivity index (χ0) is 19.9. The average Bonchev–Trinajstić information content (AvgIpc) is 2.85. The third kappa shape index (κ3) is 3.37. The summed E-state index contributed by atoms with van der Waals surface area (Å²) in [5.41, 5.74) is 4.24. The van der Waals surface area contributed by atoms with E-state index in [1.807, 2.05) is 37.8 Å². The predicted octanol–water partition coefficient (Wildman–Crippen LogP) is 2.67. The highest BCUT2D eigenvalue weighted by Crippen LogP contribution is 2.31. The van der Waals surface area contributed by atoms with Crippen molar-refractivity contribution in [1.29, 1.82) is 0 Å². The Balaban J connectivity index is 1.60. The van der Waals surface area contributed by atoms with Crippen LogP contribution in [0.25, 0.3) is 10.9 Å². The summed E-state index contributed by atoms with van der Waals surface area (Å²) in [5, 5.41) is 3.87. The van der Waals surface area contributed by atoms with Crippen LogP contribution in [-0.4, -0.2) is 53.5 Å². The molecule has 1 spiro atoms. The first-order valence-electron chi connectivity index (χ1n) is 9.96. The normalized spacial score (nSPS) is 19.5. The summed E-state index contributed by atoms with van der Waals surface area (Å²) in [6, 6.07) is 6.07. The number of pyridine rings is 1. The molecule has 2 aliphatic heterocycles. The Labute approximate surface area is 165 Å². The number of nitrogens with zero attached hydrogens (tertiary/aromatic N) is 2. The summed E-state index contributed by atoms with van der Waals surface area (Å²) >= 11 is 0. The summed E-state index contributed by atoms with van der Waals surface area (Å²) in [5.74, 6) is 0.103. The zero-order valence-electron chi connectivity index (χ0n) is 16.8. The lowest BCUT2D eigenvalue weighted by atomic mass is 9.90. The van der Waals surface area contributed by atoms with Gasteiger partial charge in [-0.15, -0.1) is 0 Å². The Morgan fingerprint density at radius 2 is 1.96 bits per heavy atom. The maximum atomic E-state index is 13.5. The Hall–Kier alpha value is -2.47. The number of aromatic nitrogens is 1. The van der Waals surface area contributed by atoms with Crippen LogP contribution in [-0.2, 0) is 9.53 Å². The second-order valence-corrected chi connectivity index (χ2v) is 8.07. The third-order valence-electron chi connectivity index (χ3n) is 6.15. The number of carbonyl (C=O) groups is 2. The van der Waals surface area contributed by atoms with Gasteiger partial charge in [0.05, 0.1) is 23.3 Å². The number of aryl methyl sites for hydroxylation is 2. The third-order valence-corrected chi connectivity index (χ3v) is 6.15. The van der Waals surface area contributed by atoms with Crippen LogP contribution >= 0.6 is 0 Å². The van der Waals surface area contributed by atoms with E-state index in [1.54, 1.807) is 0 Å². The van der Waals surface area contributed by atoms with Crippen molar-refractivity contribution in [3.63, 3.8) is 0 Å². The summed E-state index contributed by atoms with van der Waals surface area (Å²) in [6.45, 7) is 8.21. The summed E-state index contributed by atoms with van der Waals surface area (Å²) in [4.78, 5) is 31.7. The maximum Gasteiger partial charge on any atom is 0.254 e. The standard InChI is InChI=1S/C22H27N3O3/c1-14-4-5-18-17(12-14)20(15(2)16(3)24-18)21(27)25-9-7-22(8-10-25)13-23-19(26)6-11-28-22/h4-5,12H,6-11,13H2,1-3H3,(H,23,26). The van der Waals surface area contributed by atoms with E-state index < -0.39 is 0 Å². The fraction of sp³-hybridized carbons (Fsp3) is 0.500. The second kappa shape index (κ2) is 7.17. The van der Waals surface area contributed by atoms with E-state index in [2.05, 4.69) is 16.4 Å². The SMILES string of the molecule is Cc1ccc2nc(C)c(C)c(C(=O)N3CCC4(CC3)CNC(=O)CCO4)c2c1. The molecule has 1 N–H and O–H groups in total. The highest BCUT2D eigenvalue weighted by atomic mass is 16.5. The van der Waals surface area contributed by atoms with Crippen LogP contribution in [0.2, 0.25) is 0 Å². The minimum atomic E-state index is -0.342. The van der Waals surface area contributed by atoms with Crippen molar-refractivity contribution in [2.75, 3.05) is 26.2 Å². The molecule has 3 heterocycles. The average molecular weight is 381 g/mol. The molecular weight excluding hydrogens is 354 g/mol. The topological polar surface area (TPSA) is 71.5 Å². The number of rotatable bonds is 1. The molecule has 1 aromatic heterocycles. The molecule has 0 aliphatic carbocycles. The van der Waals surface area contributed by atoms with Gasteiger partial charge < -0.3 is 15.0 Å². The van der Waals surface area contributed by atoms with Gasteiger partial charge in [-0.2, -0.15) is 0 Å². The van der Waals surface area contributed by atoms with Gasteiger partial charge in [0.25, 0.3) is 5.91 Å². The number of carbonyl (C=O) groups excluding carboxylic acids is 2. The number of likely N-dealkylation sites (tertiary alicyclic amines) is 1. The Kier molecular flexibility index (Phi) is 4.83. The van der Waals surface area contributed by atoms with Crippen LogP contribution in [0.4, 0.5) is 0 Å². The van der Waals surface area contributed by atoms with Crippen LogP contribution in [0.3, 0.4) is 0 Å². The number of fused-ring (bicyclic) bond motifs is 1. The van der Waals surface area contributed by atoms with Crippen molar-refractivity contribution in [2.45, 2.75) is 45.6 Å². The highest BCUT2D eigenvalue weighted by Gasteiger charge is 2.39. The first kappa shape index (κ1) is 18.9. The van der Waals surface area contributed by atoms with Crippen molar-refractivity contribution in [3.05, 3.63) is 40.6 Å². The van der Waals surface area contributed by atoms with Crippen molar-refractivity contribution in [2.24, 2.45) is 0 Å². The zero-order valence-corrected chi connectivity index (χ0v) is 16.8. The van der Waals surface area contributed by atoms with Gasteiger partial charge in [-0.25, -0.2) is 0 Å². The lowest BCUT2D eigenvalue weighted by molar-refractivity contribution is -0.120. The Bertz CT molecular complexity index is 946. The number of hydrogen-bond acceptors (Lipinski definition) is 4. The quantitative estimate of drug-likeness (QED) is 0.824. The molecule has 6 nitrogen and oxygen atoms in total. The molecule has 0 radical (unpaired) electrons. The predicted molar refractivity (Wildman–Crippen MR) is 107 cm³/mol. The van der Waals surface area contributed by atoms with Crippen molar-refractivity contribution in [1.82, 2.24) is 15.2 Å². The molecule has 2 fully saturated rings. The van der Waals surface area contributed by atoms with Gasteiger partial charge in [-0.05, 0) is 51.3 Å². The summed E-state index contributed by atoms with van der Waals surface area (Å²) in [7, 11) is 0. The van der Waals surface area contributed by atoms with E-state index in [9.17, 15) is 9.59 Å². The fourth-order valence-corrected chi connectivity index (χ4v) is 4.23. The first-order valence-corrected chi connectivity index (χ1v) is 9.96. The molecule has 6 heteroatoms. The molecule has 148 valence electrons. The highest BCUT2D eigenvalue weighted by molar-refractivity contribution is 6.07. The monoisotopic (exact) mass is 381 g/mol. The van der Waals surface area contributed by atoms with Gasteiger partial charge in [0.2, 0.25) is 5.91 Å². The smallest absolute Gasteiger partial charge is 0.254 e. The minimum absolute atomic E-state index is 0.0418. The van der Waals surface area contributed by atoms with Crippen LogP contribution < -0.4 is 5.32 Å². The van der Waals surface area contributed by atoms with Crippen molar-refractivity contribution < 1.29 is 14.3 Å². The Morgan fingerprint density at radius 1 is 1.21 bits per heavy atom. The molecule has 2 amide bonds. The van der Waals surface area contributed by atoms with Crippen LogP contribution in [0, 0.1) is 20.8 Å². The minimum Gasteiger partial charge on any atom is -0.372 e. The molecule has 2 aliphatic rings. The number of nitrogens with one attached hydrogen (secondary N) is 1. The molecule has 2 saturated heterocycles. The van der Waals surface area contributed by atoms with Gasteiger partial charge in [-0.3, -0.25) is 14.6 Å². The van der Waals surface area contributed by atoms with Gasteiger partial charge in [0.1, 0.15) is 0 Å². The van der Waals surface area contributed by atoms with Crippen LogP contribution in [0.1, 0.15) is 46.4 Å². The van der Waals surface area contributed by atoms with E-state index in [1.165, 1.54) is 0 Å². The number of benzene rings is 1. The van der Waals surface area contributed by atoms with E-state index >= 15 is 0 Å². The van der Waals surface area contributed by atoms with E-state index in [0.717, 1.165) is 46.1 Å². The molecule has 1 aromatic carbocycles. The van der Waals surface area contributed by atoms with Gasteiger partial charge in [0.15, 0.2) is 0 Å². The van der Waals surface area contributed by atoms with Crippen molar-refractivity contribution >= 4 is 22.7 Å². The molecular formula is C22H27N3O3. The number of piperidine rings is 1. The van der Waals surface area contributed by atoms with E-state index in [-0.39, 0.29) is 17.4 Å². The van der Waals surface area contributed by atoms with E-state index in [0.29, 0.717) is 32.7 Å². The second-order valence-electron chi connectivity index (χ2n) is 8.07. The number of hydrogen-bond donors (Lipinski definition) is 1. The van der Waals surface area contributed by atoms with Gasteiger partial charge in [-0.1, -0.05) is 11.6 Å². The fourth-order valence-electron chi connectivity index (χ4n) is 4.23. The number of ether oxygens (including phenoxy) is 1. The molecule has 0 unspecified atom stereocenters. The molecule has 4 rings (SSSR count). The summed E-state index contributed by atoms with van der Waals surface area (Å²) < 4.78 is 6.03.